The first-order valence-corrected chi connectivity index (χ1v) is 7.21. The molecule has 94 valence electrons. The van der Waals surface area contributed by atoms with Gasteiger partial charge in [-0.05, 0) is 67.2 Å². The molecule has 0 aromatic carbocycles. The first-order chi connectivity index (χ1) is 8.75. The molecule has 1 atom stereocenters. The lowest BCUT2D eigenvalue weighted by atomic mass is 9.77. The Kier molecular flexibility index (Phi) is 3.11. The van der Waals surface area contributed by atoms with Gasteiger partial charge in [0.2, 0.25) is 0 Å². The van der Waals surface area contributed by atoms with E-state index in [2.05, 4.69) is 44.2 Å². The fraction of sp³-hybridized carbons (Fsp3) is 0.444. The van der Waals surface area contributed by atoms with Crippen LogP contribution in [0.25, 0.3) is 0 Å². The average molecular weight is 238 g/mol. The summed E-state index contributed by atoms with van der Waals surface area (Å²) in [6, 6.07) is 0. The second-order valence-electron chi connectivity index (χ2n) is 5.79. The molecule has 0 nitrogen and oxygen atoms in total. The molecule has 3 rings (SSSR count). The minimum atomic E-state index is 0.579. The highest BCUT2D eigenvalue weighted by Gasteiger charge is 2.22. The van der Waals surface area contributed by atoms with Crippen LogP contribution in [0.5, 0.6) is 0 Å². The van der Waals surface area contributed by atoms with E-state index in [1.807, 2.05) is 0 Å². The van der Waals surface area contributed by atoms with Gasteiger partial charge >= 0.3 is 0 Å². The first kappa shape index (κ1) is 11.8. The normalized spacial score (nSPS) is 27.4. The van der Waals surface area contributed by atoms with Crippen molar-refractivity contribution in [2.45, 2.75) is 46.0 Å². The Bertz CT molecular complexity index is 506. The SMILES string of the molecule is CC1=CC2=C(CC1)C1=C(C=CCC1)CC=CC2C. The van der Waals surface area contributed by atoms with Gasteiger partial charge in [-0.2, -0.15) is 0 Å². The molecule has 0 aliphatic heterocycles. The molecule has 0 aromatic rings. The Morgan fingerprint density at radius 2 is 1.94 bits per heavy atom. The van der Waals surface area contributed by atoms with Crippen molar-refractivity contribution in [3.05, 3.63) is 58.2 Å². The lowest BCUT2D eigenvalue weighted by Gasteiger charge is -2.28. The van der Waals surface area contributed by atoms with Crippen LogP contribution in [0, 0.1) is 5.92 Å². The Balaban J connectivity index is 2.16. The monoisotopic (exact) mass is 238 g/mol. The molecule has 0 amide bonds. The largest absolute Gasteiger partial charge is 0.0839 e. The van der Waals surface area contributed by atoms with Gasteiger partial charge in [0.25, 0.3) is 0 Å². The summed E-state index contributed by atoms with van der Waals surface area (Å²) in [5.41, 5.74) is 8.01. The van der Waals surface area contributed by atoms with Crippen molar-refractivity contribution in [1.82, 2.24) is 0 Å². The number of fused-ring (bicyclic) bond motifs is 1. The summed E-state index contributed by atoms with van der Waals surface area (Å²) in [5, 5.41) is 0. The second kappa shape index (κ2) is 4.76. The van der Waals surface area contributed by atoms with Crippen molar-refractivity contribution in [3.63, 3.8) is 0 Å². The predicted octanol–water partition coefficient (Wildman–Crippen LogP) is 5.27. The van der Waals surface area contributed by atoms with E-state index in [1.54, 1.807) is 27.9 Å². The smallest absolute Gasteiger partial charge is 0.000751 e. The van der Waals surface area contributed by atoms with Gasteiger partial charge in [-0.15, -0.1) is 0 Å². The summed E-state index contributed by atoms with van der Waals surface area (Å²) < 4.78 is 0. The van der Waals surface area contributed by atoms with Gasteiger partial charge in [-0.3, -0.25) is 0 Å². The van der Waals surface area contributed by atoms with Crippen LogP contribution in [0.15, 0.2) is 58.2 Å². The van der Waals surface area contributed by atoms with Crippen molar-refractivity contribution in [2.75, 3.05) is 0 Å². The summed E-state index contributed by atoms with van der Waals surface area (Å²) in [6.07, 6.45) is 18.0. The van der Waals surface area contributed by atoms with Crippen molar-refractivity contribution >= 4 is 0 Å². The predicted molar refractivity (Wildman–Crippen MR) is 78.3 cm³/mol. The molecule has 0 heteroatoms. The van der Waals surface area contributed by atoms with Gasteiger partial charge < -0.3 is 0 Å². The fourth-order valence-electron chi connectivity index (χ4n) is 3.38. The average Bonchev–Trinajstić information content (AvgIpc) is 2.38. The molecular weight excluding hydrogens is 216 g/mol. The van der Waals surface area contributed by atoms with E-state index < -0.39 is 0 Å². The van der Waals surface area contributed by atoms with Crippen LogP contribution in [0.3, 0.4) is 0 Å². The molecule has 0 saturated heterocycles. The van der Waals surface area contributed by atoms with E-state index >= 15 is 0 Å². The Morgan fingerprint density at radius 1 is 1.06 bits per heavy atom. The third-order valence-electron chi connectivity index (χ3n) is 4.40. The molecule has 0 heterocycles. The van der Waals surface area contributed by atoms with E-state index in [9.17, 15) is 0 Å². The Labute approximate surface area is 110 Å². The van der Waals surface area contributed by atoms with Gasteiger partial charge in [-0.1, -0.05) is 42.9 Å². The van der Waals surface area contributed by atoms with E-state index in [0.29, 0.717) is 5.92 Å². The molecule has 0 saturated carbocycles. The molecular formula is C18H22. The van der Waals surface area contributed by atoms with Gasteiger partial charge in [0, 0.05) is 0 Å². The molecule has 0 aromatic heterocycles. The number of hydrogen-bond donors (Lipinski definition) is 0. The molecule has 18 heavy (non-hydrogen) atoms. The van der Waals surface area contributed by atoms with Crippen LogP contribution < -0.4 is 0 Å². The highest BCUT2D eigenvalue weighted by molar-refractivity contribution is 5.52. The first-order valence-electron chi connectivity index (χ1n) is 7.21. The summed E-state index contributed by atoms with van der Waals surface area (Å²) in [7, 11) is 0. The maximum atomic E-state index is 2.45. The van der Waals surface area contributed by atoms with Gasteiger partial charge in [0.05, 0.1) is 0 Å². The van der Waals surface area contributed by atoms with Gasteiger partial charge in [0.15, 0.2) is 0 Å². The molecule has 3 aliphatic rings. The lowest BCUT2D eigenvalue weighted by molar-refractivity contribution is 0.775. The Morgan fingerprint density at radius 3 is 2.83 bits per heavy atom. The van der Waals surface area contributed by atoms with E-state index in [0.717, 1.165) is 6.42 Å². The summed E-state index contributed by atoms with van der Waals surface area (Å²) >= 11 is 0. The van der Waals surface area contributed by atoms with Gasteiger partial charge in [-0.25, -0.2) is 0 Å². The molecule has 1 unspecified atom stereocenters. The van der Waals surface area contributed by atoms with Gasteiger partial charge in [0.1, 0.15) is 0 Å². The maximum Gasteiger partial charge on any atom is -0.000751 e. The third kappa shape index (κ3) is 2.05. The maximum absolute atomic E-state index is 2.45. The van der Waals surface area contributed by atoms with Crippen molar-refractivity contribution in [1.29, 1.82) is 0 Å². The molecule has 0 N–H and O–H groups in total. The molecule has 3 aliphatic carbocycles. The van der Waals surface area contributed by atoms with Crippen LogP contribution in [0.1, 0.15) is 46.0 Å². The molecule has 0 spiro atoms. The topological polar surface area (TPSA) is 0 Å². The van der Waals surface area contributed by atoms with Crippen molar-refractivity contribution < 1.29 is 0 Å². The zero-order valence-corrected chi connectivity index (χ0v) is 11.5. The molecule has 0 fully saturated rings. The van der Waals surface area contributed by atoms with E-state index in [1.165, 1.54) is 25.7 Å². The van der Waals surface area contributed by atoms with E-state index in [4.69, 9.17) is 0 Å². The van der Waals surface area contributed by atoms with Crippen molar-refractivity contribution in [2.24, 2.45) is 5.92 Å². The highest BCUT2D eigenvalue weighted by atomic mass is 14.3. The fourth-order valence-corrected chi connectivity index (χ4v) is 3.38. The van der Waals surface area contributed by atoms with Crippen LogP contribution in [0.4, 0.5) is 0 Å². The summed E-state index contributed by atoms with van der Waals surface area (Å²) in [6.45, 7) is 4.61. The quantitative estimate of drug-likeness (QED) is 0.505. The minimum absolute atomic E-state index is 0.579. The van der Waals surface area contributed by atoms with Crippen LogP contribution >= 0.6 is 0 Å². The Hall–Kier alpha value is -1.30. The summed E-state index contributed by atoms with van der Waals surface area (Å²) in [4.78, 5) is 0. The van der Waals surface area contributed by atoms with Crippen molar-refractivity contribution in [3.8, 4) is 0 Å². The van der Waals surface area contributed by atoms with Crippen LogP contribution in [0.2, 0.25) is 0 Å². The zero-order chi connectivity index (χ0) is 12.5. The summed E-state index contributed by atoms with van der Waals surface area (Å²) in [5.74, 6) is 0.579. The number of rotatable bonds is 0. The standard InChI is InChI=1S/C18H22/c1-13-10-11-17-16-9-4-3-7-15(16)8-5-6-14(2)18(17)12-13/h3,5-7,12,14H,4,8-11H2,1-2H3. The van der Waals surface area contributed by atoms with Crippen LogP contribution in [-0.2, 0) is 0 Å². The highest BCUT2D eigenvalue weighted by Crippen LogP contribution is 2.39. The molecule has 0 radical (unpaired) electrons. The molecule has 0 bridgehead atoms. The number of allylic oxidation sites excluding steroid dienone is 10. The second-order valence-corrected chi connectivity index (χ2v) is 5.79. The minimum Gasteiger partial charge on any atom is -0.0839 e. The van der Waals surface area contributed by atoms with E-state index in [-0.39, 0.29) is 0 Å². The third-order valence-corrected chi connectivity index (χ3v) is 4.40. The van der Waals surface area contributed by atoms with Crippen LogP contribution in [-0.4, -0.2) is 0 Å². The lowest BCUT2D eigenvalue weighted by Crippen LogP contribution is -2.10. The zero-order valence-electron chi connectivity index (χ0n) is 11.5. The number of hydrogen-bond acceptors (Lipinski definition) is 0.